The Balaban J connectivity index is 2.80. The van der Waals surface area contributed by atoms with E-state index in [2.05, 4.69) is 10.5 Å². The van der Waals surface area contributed by atoms with Gasteiger partial charge in [0.1, 0.15) is 11.4 Å². The number of urea groups is 1. The maximum Gasteiger partial charge on any atom is 0.322 e. The van der Waals surface area contributed by atoms with E-state index in [-0.39, 0.29) is 12.6 Å². The van der Waals surface area contributed by atoms with Gasteiger partial charge in [0.15, 0.2) is 5.76 Å². The first-order valence-corrected chi connectivity index (χ1v) is 6.52. The Morgan fingerprint density at radius 3 is 2.58 bits per heavy atom. The number of aryl methyl sites for hydroxylation is 2. The van der Waals surface area contributed by atoms with Crippen LogP contribution in [0.15, 0.2) is 4.52 Å². The van der Waals surface area contributed by atoms with Crippen LogP contribution >= 0.6 is 0 Å². The van der Waals surface area contributed by atoms with Crippen LogP contribution < -0.4 is 5.32 Å². The third kappa shape index (κ3) is 4.24. The van der Waals surface area contributed by atoms with Gasteiger partial charge in [-0.15, -0.1) is 0 Å². The predicted molar refractivity (Wildman–Crippen MR) is 73.2 cm³/mol. The van der Waals surface area contributed by atoms with Gasteiger partial charge in [-0.25, -0.2) is 4.79 Å². The zero-order chi connectivity index (χ0) is 14.6. The lowest BCUT2D eigenvalue weighted by Gasteiger charge is -2.28. The third-order valence-electron chi connectivity index (χ3n) is 2.75. The van der Waals surface area contributed by atoms with Gasteiger partial charge in [-0.1, -0.05) is 12.1 Å². The second-order valence-electron chi connectivity index (χ2n) is 5.17. The van der Waals surface area contributed by atoms with Crippen molar-refractivity contribution in [3.05, 3.63) is 11.5 Å². The van der Waals surface area contributed by atoms with Crippen LogP contribution in [-0.2, 0) is 6.42 Å². The topological polar surface area (TPSA) is 78.6 Å². The number of hydrogen-bond donors (Lipinski definition) is 2. The van der Waals surface area contributed by atoms with E-state index in [9.17, 15) is 9.90 Å². The molecule has 0 saturated carbocycles. The maximum absolute atomic E-state index is 12.2. The number of aromatic nitrogens is 1. The van der Waals surface area contributed by atoms with E-state index in [0.717, 1.165) is 5.69 Å². The van der Waals surface area contributed by atoms with Crippen LogP contribution in [0.3, 0.4) is 0 Å². The molecule has 1 heterocycles. The van der Waals surface area contributed by atoms with Crippen molar-refractivity contribution >= 4 is 11.7 Å². The second-order valence-corrected chi connectivity index (χ2v) is 5.17. The molecule has 0 aliphatic heterocycles. The van der Waals surface area contributed by atoms with Crippen molar-refractivity contribution in [1.29, 1.82) is 0 Å². The summed E-state index contributed by atoms with van der Waals surface area (Å²) in [5.74, 6) is 0.588. The fraction of sp³-hybridized carbons (Fsp3) is 0.692. The molecule has 2 N–H and O–H groups in total. The molecule has 0 fully saturated rings. The molecule has 0 saturated heterocycles. The molecule has 6 nitrogen and oxygen atoms in total. The molecule has 1 aromatic rings. The van der Waals surface area contributed by atoms with Crippen molar-refractivity contribution in [3.63, 3.8) is 0 Å². The minimum absolute atomic E-state index is 0.259. The fourth-order valence-corrected chi connectivity index (χ4v) is 1.80. The van der Waals surface area contributed by atoms with Gasteiger partial charge >= 0.3 is 6.03 Å². The molecule has 6 heteroatoms. The molecular formula is C13H23N3O3. The Labute approximate surface area is 113 Å². The number of likely N-dealkylation sites (N-methyl/N-ethyl adjacent to an activating group) is 1. The molecule has 0 unspecified atom stereocenters. The summed E-state index contributed by atoms with van der Waals surface area (Å²) in [6.07, 6.45) is 0.685. The zero-order valence-corrected chi connectivity index (χ0v) is 12.3. The first-order chi connectivity index (χ1) is 8.78. The molecule has 0 spiro atoms. The largest absolute Gasteiger partial charge is 0.389 e. The third-order valence-corrected chi connectivity index (χ3v) is 2.75. The Morgan fingerprint density at radius 2 is 2.11 bits per heavy atom. The van der Waals surface area contributed by atoms with Gasteiger partial charge in [-0.05, 0) is 34.1 Å². The smallest absolute Gasteiger partial charge is 0.322 e. The summed E-state index contributed by atoms with van der Waals surface area (Å²) in [6, 6.07) is -0.259. The first kappa shape index (κ1) is 15.5. The maximum atomic E-state index is 12.2. The van der Waals surface area contributed by atoms with Gasteiger partial charge in [0.25, 0.3) is 0 Å². The predicted octanol–water partition coefficient (Wildman–Crippen LogP) is 2.17. The van der Waals surface area contributed by atoms with E-state index in [1.165, 1.54) is 0 Å². The normalized spacial score (nSPS) is 11.5. The van der Waals surface area contributed by atoms with Gasteiger partial charge in [-0.3, -0.25) is 0 Å². The summed E-state index contributed by atoms with van der Waals surface area (Å²) in [6.45, 7) is 9.70. The molecule has 2 amide bonds. The molecule has 0 aromatic carbocycles. The number of anilines is 1. The number of rotatable bonds is 5. The number of hydrogen-bond acceptors (Lipinski definition) is 4. The number of amides is 2. The minimum atomic E-state index is -0.926. The number of aliphatic hydroxyl groups is 1. The molecule has 0 radical (unpaired) electrons. The molecular weight excluding hydrogens is 246 g/mol. The Hall–Kier alpha value is -1.56. The highest BCUT2D eigenvalue weighted by Crippen LogP contribution is 2.21. The van der Waals surface area contributed by atoms with Crippen LogP contribution in [0, 0.1) is 6.92 Å². The van der Waals surface area contributed by atoms with Gasteiger partial charge in [0.2, 0.25) is 0 Å². The van der Waals surface area contributed by atoms with Gasteiger partial charge in [-0.2, -0.15) is 0 Å². The highest BCUT2D eigenvalue weighted by molar-refractivity contribution is 5.90. The van der Waals surface area contributed by atoms with Crippen LogP contribution in [-0.4, -0.2) is 39.9 Å². The fourth-order valence-electron chi connectivity index (χ4n) is 1.80. The SMILES string of the molecule is CCc1noc(C)c1NC(=O)N(CC)CC(C)(C)O. The van der Waals surface area contributed by atoms with E-state index in [4.69, 9.17) is 4.52 Å². The Kier molecular flexibility index (Phi) is 4.94. The standard InChI is InChI=1S/C13H23N3O3/c1-6-10-11(9(3)19-15-10)14-12(17)16(7-2)8-13(4,5)18/h18H,6-8H2,1-5H3,(H,14,17). The van der Waals surface area contributed by atoms with Crippen LogP contribution in [0.25, 0.3) is 0 Å². The highest BCUT2D eigenvalue weighted by atomic mass is 16.5. The molecule has 108 valence electrons. The quantitative estimate of drug-likeness (QED) is 0.858. The molecule has 1 rings (SSSR count). The van der Waals surface area contributed by atoms with Crippen molar-refractivity contribution in [2.24, 2.45) is 0 Å². The Bertz CT molecular complexity index is 435. The zero-order valence-electron chi connectivity index (χ0n) is 12.3. The highest BCUT2D eigenvalue weighted by Gasteiger charge is 2.23. The average Bonchev–Trinajstić information content (AvgIpc) is 2.66. The van der Waals surface area contributed by atoms with E-state index >= 15 is 0 Å². The lowest BCUT2D eigenvalue weighted by molar-refractivity contribution is 0.0501. The molecule has 0 atom stereocenters. The van der Waals surface area contributed by atoms with E-state index in [0.29, 0.717) is 24.4 Å². The van der Waals surface area contributed by atoms with Crippen LogP contribution in [0.5, 0.6) is 0 Å². The van der Waals surface area contributed by atoms with E-state index in [1.54, 1.807) is 25.7 Å². The lowest BCUT2D eigenvalue weighted by atomic mass is 10.1. The summed E-state index contributed by atoms with van der Waals surface area (Å²) >= 11 is 0. The van der Waals surface area contributed by atoms with Crippen LogP contribution in [0.4, 0.5) is 10.5 Å². The lowest BCUT2D eigenvalue weighted by Crippen LogP contribution is -2.44. The summed E-state index contributed by atoms with van der Waals surface area (Å²) < 4.78 is 5.07. The summed E-state index contributed by atoms with van der Waals surface area (Å²) in [5.41, 5.74) is 0.428. The van der Waals surface area contributed by atoms with E-state index in [1.807, 2.05) is 13.8 Å². The summed E-state index contributed by atoms with van der Waals surface area (Å²) in [4.78, 5) is 13.7. The number of carbonyl (C=O) groups excluding carboxylic acids is 1. The molecule has 0 bridgehead atoms. The van der Waals surface area contributed by atoms with Gasteiger partial charge < -0.3 is 19.8 Å². The Morgan fingerprint density at radius 1 is 1.47 bits per heavy atom. The molecule has 19 heavy (non-hydrogen) atoms. The van der Waals surface area contributed by atoms with Crippen molar-refractivity contribution in [2.75, 3.05) is 18.4 Å². The van der Waals surface area contributed by atoms with Crippen molar-refractivity contribution < 1.29 is 14.4 Å². The average molecular weight is 269 g/mol. The number of nitrogens with one attached hydrogen (secondary N) is 1. The molecule has 1 aromatic heterocycles. The second kappa shape index (κ2) is 6.06. The number of nitrogens with zero attached hydrogens (tertiary/aromatic N) is 2. The number of carbonyl (C=O) groups is 1. The van der Waals surface area contributed by atoms with Gasteiger partial charge in [0.05, 0.1) is 12.1 Å². The van der Waals surface area contributed by atoms with Crippen molar-refractivity contribution in [2.45, 2.75) is 46.6 Å². The van der Waals surface area contributed by atoms with Crippen molar-refractivity contribution in [1.82, 2.24) is 10.1 Å². The monoisotopic (exact) mass is 269 g/mol. The summed E-state index contributed by atoms with van der Waals surface area (Å²) in [7, 11) is 0. The molecule has 0 aliphatic carbocycles. The van der Waals surface area contributed by atoms with Crippen molar-refractivity contribution in [3.8, 4) is 0 Å². The van der Waals surface area contributed by atoms with E-state index < -0.39 is 5.60 Å². The molecule has 0 aliphatic rings. The van der Waals surface area contributed by atoms with Gasteiger partial charge in [0, 0.05) is 6.54 Å². The summed E-state index contributed by atoms with van der Waals surface area (Å²) in [5, 5.41) is 16.5. The minimum Gasteiger partial charge on any atom is -0.389 e. The van der Waals surface area contributed by atoms with Crippen LogP contribution in [0.1, 0.15) is 39.1 Å². The van der Waals surface area contributed by atoms with Crippen LogP contribution in [0.2, 0.25) is 0 Å². The first-order valence-electron chi connectivity index (χ1n) is 6.52.